The zero-order chi connectivity index (χ0) is 13.6. The molecule has 1 fully saturated rings. The molecule has 1 atom stereocenters. The first-order valence-corrected chi connectivity index (χ1v) is 6.64. The molecule has 0 saturated heterocycles. The SMILES string of the molecule is CCC(OC)C(=O)NC1(C(=O)O)CCCCCC1. The standard InChI is InChI=1S/C13H23NO4/c1-3-10(18-2)11(15)14-13(12(16)17)8-6-4-5-7-9-13/h10H,3-9H2,1-2H3,(H,14,15)(H,16,17). The van der Waals surface area contributed by atoms with E-state index >= 15 is 0 Å². The summed E-state index contributed by atoms with van der Waals surface area (Å²) in [5.41, 5.74) is -1.10. The summed E-state index contributed by atoms with van der Waals surface area (Å²) < 4.78 is 5.05. The van der Waals surface area contributed by atoms with Crippen LogP contribution in [0.5, 0.6) is 0 Å². The van der Waals surface area contributed by atoms with Crippen LogP contribution in [-0.4, -0.2) is 35.7 Å². The van der Waals surface area contributed by atoms with Crippen LogP contribution in [0.25, 0.3) is 0 Å². The average molecular weight is 257 g/mol. The maximum atomic E-state index is 12.0. The first kappa shape index (κ1) is 15.0. The predicted molar refractivity (Wildman–Crippen MR) is 67.3 cm³/mol. The molecule has 1 rings (SSSR count). The average Bonchev–Trinajstić information content (AvgIpc) is 2.57. The highest BCUT2D eigenvalue weighted by Gasteiger charge is 2.41. The van der Waals surface area contributed by atoms with Crippen molar-refractivity contribution in [2.45, 2.75) is 63.5 Å². The molecule has 0 aliphatic heterocycles. The molecule has 1 unspecified atom stereocenters. The Morgan fingerprint density at radius 1 is 1.28 bits per heavy atom. The van der Waals surface area contributed by atoms with Crippen molar-refractivity contribution < 1.29 is 19.4 Å². The molecular weight excluding hydrogens is 234 g/mol. The van der Waals surface area contributed by atoms with Gasteiger partial charge in [0.05, 0.1) is 0 Å². The summed E-state index contributed by atoms with van der Waals surface area (Å²) in [5.74, 6) is -1.24. The lowest BCUT2D eigenvalue weighted by Crippen LogP contribution is -2.56. The third-order valence-corrected chi connectivity index (χ3v) is 3.68. The minimum Gasteiger partial charge on any atom is -0.480 e. The van der Waals surface area contributed by atoms with Gasteiger partial charge in [0.25, 0.3) is 0 Å². The van der Waals surface area contributed by atoms with Gasteiger partial charge in [-0.15, -0.1) is 0 Å². The second kappa shape index (κ2) is 6.73. The number of carbonyl (C=O) groups is 2. The normalized spacial score (nSPS) is 20.8. The van der Waals surface area contributed by atoms with Crippen LogP contribution in [0, 0.1) is 0 Å². The van der Waals surface area contributed by atoms with Crippen LogP contribution in [0.3, 0.4) is 0 Å². The fourth-order valence-electron chi connectivity index (χ4n) is 2.50. The highest BCUT2D eigenvalue weighted by molar-refractivity contribution is 5.89. The van der Waals surface area contributed by atoms with E-state index in [1.165, 1.54) is 7.11 Å². The Bertz CT molecular complexity index is 291. The minimum absolute atomic E-state index is 0.315. The Kier molecular flexibility index (Phi) is 5.59. The Morgan fingerprint density at radius 3 is 2.22 bits per heavy atom. The van der Waals surface area contributed by atoms with Crippen LogP contribution in [0.15, 0.2) is 0 Å². The molecule has 1 saturated carbocycles. The highest BCUT2D eigenvalue weighted by Crippen LogP contribution is 2.27. The van der Waals surface area contributed by atoms with Crippen molar-refractivity contribution in [3.63, 3.8) is 0 Å². The van der Waals surface area contributed by atoms with Gasteiger partial charge < -0.3 is 15.2 Å². The van der Waals surface area contributed by atoms with Crippen molar-refractivity contribution in [1.82, 2.24) is 5.32 Å². The highest BCUT2D eigenvalue weighted by atomic mass is 16.5. The molecule has 0 bridgehead atoms. The number of carbonyl (C=O) groups excluding carboxylic acids is 1. The summed E-state index contributed by atoms with van der Waals surface area (Å²) in [7, 11) is 1.47. The number of carboxylic acids is 1. The summed E-state index contributed by atoms with van der Waals surface area (Å²) in [6, 6.07) is 0. The number of aliphatic carboxylic acids is 1. The van der Waals surface area contributed by atoms with Crippen LogP contribution in [0.1, 0.15) is 51.9 Å². The van der Waals surface area contributed by atoms with E-state index in [0.717, 1.165) is 25.7 Å². The zero-order valence-electron chi connectivity index (χ0n) is 11.2. The fourth-order valence-corrected chi connectivity index (χ4v) is 2.50. The van der Waals surface area contributed by atoms with Gasteiger partial charge in [-0.05, 0) is 19.3 Å². The molecule has 0 aromatic carbocycles. The van der Waals surface area contributed by atoms with Crippen molar-refractivity contribution in [3.8, 4) is 0 Å². The van der Waals surface area contributed by atoms with Gasteiger partial charge >= 0.3 is 5.97 Å². The second-order valence-corrected chi connectivity index (χ2v) is 4.92. The molecule has 1 amide bonds. The summed E-state index contributed by atoms with van der Waals surface area (Å²) in [5, 5.41) is 12.1. The number of methoxy groups -OCH3 is 1. The Labute approximate surface area is 108 Å². The van der Waals surface area contributed by atoms with Gasteiger partial charge in [-0.1, -0.05) is 32.6 Å². The molecule has 104 valence electrons. The first-order valence-electron chi connectivity index (χ1n) is 6.64. The first-order chi connectivity index (χ1) is 8.55. The van der Waals surface area contributed by atoms with E-state index in [9.17, 15) is 14.7 Å². The summed E-state index contributed by atoms with van der Waals surface area (Å²) >= 11 is 0. The molecule has 1 aliphatic rings. The van der Waals surface area contributed by atoms with Gasteiger partial charge in [0.15, 0.2) is 0 Å². The Hall–Kier alpha value is -1.10. The van der Waals surface area contributed by atoms with E-state index in [1.807, 2.05) is 6.92 Å². The van der Waals surface area contributed by atoms with Crippen molar-refractivity contribution in [2.75, 3.05) is 7.11 Å². The number of hydrogen-bond donors (Lipinski definition) is 2. The lowest BCUT2D eigenvalue weighted by molar-refractivity contribution is -0.150. The van der Waals surface area contributed by atoms with Gasteiger partial charge in [-0.3, -0.25) is 4.79 Å². The van der Waals surface area contributed by atoms with E-state index in [-0.39, 0.29) is 5.91 Å². The van der Waals surface area contributed by atoms with Crippen molar-refractivity contribution in [3.05, 3.63) is 0 Å². The number of carboxylic acid groups (broad SMARTS) is 1. The molecule has 0 spiro atoms. The number of nitrogens with one attached hydrogen (secondary N) is 1. The lowest BCUT2D eigenvalue weighted by atomic mass is 9.90. The third kappa shape index (κ3) is 3.45. The van der Waals surface area contributed by atoms with Crippen molar-refractivity contribution in [2.24, 2.45) is 0 Å². The van der Waals surface area contributed by atoms with Crippen molar-refractivity contribution >= 4 is 11.9 Å². The Balaban J connectivity index is 2.78. The van der Waals surface area contributed by atoms with Crippen LogP contribution in [0.4, 0.5) is 0 Å². The summed E-state index contributed by atoms with van der Waals surface area (Å²) in [6.07, 6.45) is 4.75. The smallest absolute Gasteiger partial charge is 0.329 e. The van der Waals surface area contributed by atoms with E-state index in [0.29, 0.717) is 19.3 Å². The van der Waals surface area contributed by atoms with E-state index in [4.69, 9.17) is 4.74 Å². The molecular formula is C13H23NO4. The molecule has 18 heavy (non-hydrogen) atoms. The fraction of sp³-hybridized carbons (Fsp3) is 0.846. The second-order valence-electron chi connectivity index (χ2n) is 4.92. The monoisotopic (exact) mass is 257 g/mol. The topological polar surface area (TPSA) is 75.6 Å². The van der Waals surface area contributed by atoms with Crippen LogP contribution < -0.4 is 5.32 Å². The van der Waals surface area contributed by atoms with E-state index < -0.39 is 17.6 Å². The van der Waals surface area contributed by atoms with Crippen LogP contribution in [-0.2, 0) is 14.3 Å². The predicted octanol–water partition coefficient (Wildman–Crippen LogP) is 1.71. The third-order valence-electron chi connectivity index (χ3n) is 3.68. The largest absolute Gasteiger partial charge is 0.480 e. The van der Waals surface area contributed by atoms with Crippen LogP contribution >= 0.6 is 0 Å². The molecule has 0 radical (unpaired) electrons. The number of ether oxygens (including phenoxy) is 1. The molecule has 0 aromatic rings. The van der Waals surface area contributed by atoms with E-state index in [1.54, 1.807) is 0 Å². The van der Waals surface area contributed by atoms with Gasteiger partial charge in [0.2, 0.25) is 5.91 Å². The van der Waals surface area contributed by atoms with Crippen LogP contribution in [0.2, 0.25) is 0 Å². The maximum absolute atomic E-state index is 12.0. The van der Waals surface area contributed by atoms with E-state index in [2.05, 4.69) is 5.32 Å². The molecule has 2 N–H and O–H groups in total. The zero-order valence-corrected chi connectivity index (χ0v) is 11.2. The molecule has 0 heterocycles. The molecule has 0 aromatic heterocycles. The lowest BCUT2D eigenvalue weighted by Gasteiger charge is -2.30. The molecule has 5 heteroatoms. The quantitative estimate of drug-likeness (QED) is 0.735. The van der Waals surface area contributed by atoms with Crippen molar-refractivity contribution in [1.29, 1.82) is 0 Å². The Morgan fingerprint density at radius 2 is 1.83 bits per heavy atom. The number of hydrogen-bond acceptors (Lipinski definition) is 3. The maximum Gasteiger partial charge on any atom is 0.329 e. The van der Waals surface area contributed by atoms with Gasteiger partial charge in [0.1, 0.15) is 11.6 Å². The number of amides is 1. The summed E-state index contributed by atoms with van der Waals surface area (Å²) in [6.45, 7) is 1.84. The summed E-state index contributed by atoms with van der Waals surface area (Å²) in [4.78, 5) is 23.5. The number of rotatable bonds is 5. The van der Waals surface area contributed by atoms with Gasteiger partial charge in [0, 0.05) is 7.11 Å². The van der Waals surface area contributed by atoms with Gasteiger partial charge in [-0.2, -0.15) is 0 Å². The molecule has 1 aliphatic carbocycles. The molecule has 5 nitrogen and oxygen atoms in total. The van der Waals surface area contributed by atoms with Gasteiger partial charge in [-0.25, -0.2) is 4.79 Å². The minimum atomic E-state index is -1.10.